The molecule has 3 aromatic carbocycles. The number of carbonyl (C=O) groups is 2. The Labute approximate surface area is 237 Å². The van der Waals surface area contributed by atoms with Gasteiger partial charge in [0.1, 0.15) is 5.75 Å². The van der Waals surface area contributed by atoms with Crippen molar-refractivity contribution in [2.75, 3.05) is 74.6 Å². The number of nitrogens with one attached hydrogen (secondary N) is 2. The summed E-state index contributed by atoms with van der Waals surface area (Å²) in [6, 6.07) is 21.1. The molecule has 0 bridgehead atoms. The van der Waals surface area contributed by atoms with Crippen LogP contribution in [0.2, 0.25) is 0 Å². The van der Waals surface area contributed by atoms with Crippen molar-refractivity contribution in [3.8, 4) is 5.75 Å². The number of aryl methyl sites for hydroxylation is 1. The van der Waals surface area contributed by atoms with Gasteiger partial charge < -0.3 is 30.1 Å². The van der Waals surface area contributed by atoms with E-state index in [0.29, 0.717) is 23.4 Å². The highest BCUT2D eigenvalue weighted by atomic mass is 16.5. The summed E-state index contributed by atoms with van der Waals surface area (Å²) in [7, 11) is 1.69. The number of para-hydroxylation sites is 2. The van der Waals surface area contributed by atoms with E-state index in [-0.39, 0.29) is 11.8 Å². The first-order valence-electron chi connectivity index (χ1n) is 14.1. The molecule has 8 nitrogen and oxygen atoms in total. The lowest BCUT2D eigenvalue weighted by Crippen LogP contribution is -2.47. The third kappa shape index (κ3) is 7.12. The molecule has 0 spiro atoms. The number of likely N-dealkylation sites (N-methyl/N-ethyl adjacent to an activating group) is 1. The zero-order valence-electron chi connectivity index (χ0n) is 24.1. The number of piperazine rings is 1. The third-order valence-electron chi connectivity index (χ3n) is 7.47. The molecule has 0 unspecified atom stereocenters. The van der Waals surface area contributed by atoms with Crippen molar-refractivity contribution in [1.29, 1.82) is 0 Å². The molecular formula is C32H41N5O3. The van der Waals surface area contributed by atoms with Crippen LogP contribution >= 0.6 is 0 Å². The minimum absolute atomic E-state index is 0.138. The average molecular weight is 544 g/mol. The van der Waals surface area contributed by atoms with Gasteiger partial charge in [-0.25, -0.2) is 0 Å². The summed E-state index contributed by atoms with van der Waals surface area (Å²) in [5, 5.41) is 6.07. The Bertz CT molecular complexity index is 1280. The summed E-state index contributed by atoms with van der Waals surface area (Å²) in [6.45, 7) is 12.6. The lowest BCUT2D eigenvalue weighted by atomic mass is 10.1. The summed E-state index contributed by atoms with van der Waals surface area (Å²) in [4.78, 5) is 33.2. The Hall–Kier alpha value is -4.04. The van der Waals surface area contributed by atoms with Crippen molar-refractivity contribution in [3.63, 3.8) is 0 Å². The fraction of sp³-hybridized carbons (Fsp3) is 0.375. The summed E-state index contributed by atoms with van der Waals surface area (Å²) in [5.41, 5.74) is 4.77. The highest BCUT2D eigenvalue weighted by molar-refractivity contribution is 6.06. The molecule has 0 aromatic heterocycles. The zero-order valence-corrected chi connectivity index (χ0v) is 24.1. The topological polar surface area (TPSA) is 77.2 Å². The Kier molecular flexibility index (Phi) is 10.0. The van der Waals surface area contributed by atoms with Crippen LogP contribution in [0.1, 0.15) is 40.1 Å². The number of methoxy groups -OCH3 is 1. The molecule has 2 N–H and O–H groups in total. The number of ether oxygens (including phenoxy) is 1. The van der Waals surface area contributed by atoms with Crippen molar-refractivity contribution in [3.05, 3.63) is 83.4 Å². The number of hydrogen-bond donors (Lipinski definition) is 2. The lowest BCUT2D eigenvalue weighted by Gasteiger charge is -2.38. The third-order valence-corrected chi connectivity index (χ3v) is 7.47. The molecule has 0 aliphatic carbocycles. The number of hydrogen-bond acceptors (Lipinski definition) is 6. The van der Waals surface area contributed by atoms with E-state index in [1.165, 1.54) is 0 Å². The van der Waals surface area contributed by atoms with Crippen LogP contribution in [0.3, 0.4) is 0 Å². The SMILES string of the molecule is CCN(CC)CCNC(=O)c1cc(NC(=O)c2ccc(C)cc2)ccc1N1CCN(c2ccccc2OC)CC1. The predicted octanol–water partition coefficient (Wildman–Crippen LogP) is 4.65. The van der Waals surface area contributed by atoms with E-state index in [2.05, 4.69) is 45.2 Å². The van der Waals surface area contributed by atoms with E-state index in [1.807, 2.05) is 49.4 Å². The van der Waals surface area contributed by atoms with E-state index in [0.717, 1.165) is 68.5 Å². The monoisotopic (exact) mass is 543 g/mol. The summed E-state index contributed by atoms with van der Waals surface area (Å²) >= 11 is 0. The van der Waals surface area contributed by atoms with Crippen molar-refractivity contribution in [2.45, 2.75) is 20.8 Å². The van der Waals surface area contributed by atoms with Gasteiger partial charge in [0.2, 0.25) is 0 Å². The molecule has 1 aliphatic heterocycles. The first-order valence-corrected chi connectivity index (χ1v) is 14.1. The van der Waals surface area contributed by atoms with Crippen molar-refractivity contribution < 1.29 is 14.3 Å². The van der Waals surface area contributed by atoms with E-state index in [1.54, 1.807) is 25.3 Å². The van der Waals surface area contributed by atoms with Crippen molar-refractivity contribution >= 4 is 28.9 Å². The molecule has 1 fully saturated rings. The van der Waals surface area contributed by atoms with Gasteiger partial charge in [-0.1, -0.05) is 43.7 Å². The Morgan fingerprint density at radius 1 is 0.850 bits per heavy atom. The van der Waals surface area contributed by atoms with E-state index < -0.39 is 0 Å². The van der Waals surface area contributed by atoms with Gasteiger partial charge in [0, 0.05) is 56.2 Å². The number of nitrogens with zero attached hydrogens (tertiary/aromatic N) is 3. The molecular weight excluding hydrogens is 502 g/mol. The van der Waals surface area contributed by atoms with Gasteiger partial charge in [0.25, 0.3) is 11.8 Å². The van der Waals surface area contributed by atoms with Gasteiger partial charge in [0.15, 0.2) is 0 Å². The van der Waals surface area contributed by atoms with Gasteiger partial charge >= 0.3 is 0 Å². The van der Waals surface area contributed by atoms with Gasteiger partial charge in [-0.3, -0.25) is 9.59 Å². The summed E-state index contributed by atoms with van der Waals surface area (Å²) < 4.78 is 5.57. The molecule has 1 heterocycles. The van der Waals surface area contributed by atoms with Crippen LogP contribution in [0.15, 0.2) is 66.7 Å². The molecule has 212 valence electrons. The molecule has 4 rings (SSSR count). The zero-order chi connectivity index (χ0) is 28.5. The Balaban J connectivity index is 1.52. The van der Waals surface area contributed by atoms with Crippen LogP contribution in [-0.4, -0.2) is 76.2 Å². The second-order valence-corrected chi connectivity index (χ2v) is 9.98. The largest absolute Gasteiger partial charge is 0.495 e. The first kappa shape index (κ1) is 29.0. The molecule has 2 amide bonds. The number of benzene rings is 3. The lowest BCUT2D eigenvalue weighted by molar-refractivity contribution is 0.0948. The van der Waals surface area contributed by atoms with E-state index in [9.17, 15) is 9.59 Å². The summed E-state index contributed by atoms with van der Waals surface area (Å²) in [5.74, 6) is 0.518. The molecule has 1 aliphatic rings. The van der Waals surface area contributed by atoms with Gasteiger partial charge in [0.05, 0.1) is 18.4 Å². The molecule has 3 aromatic rings. The van der Waals surface area contributed by atoms with Crippen molar-refractivity contribution in [1.82, 2.24) is 10.2 Å². The fourth-order valence-electron chi connectivity index (χ4n) is 5.02. The second-order valence-electron chi connectivity index (χ2n) is 9.98. The number of anilines is 3. The van der Waals surface area contributed by atoms with Gasteiger partial charge in [-0.15, -0.1) is 0 Å². The van der Waals surface area contributed by atoms with E-state index in [4.69, 9.17) is 4.74 Å². The molecule has 0 radical (unpaired) electrons. The van der Waals surface area contributed by atoms with Gasteiger partial charge in [-0.05, 0) is 62.5 Å². The maximum absolute atomic E-state index is 13.5. The normalized spacial score (nSPS) is 13.3. The maximum Gasteiger partial charge on any atom is 0.255 e. The average Bonchev–Trinajstić information content (AvgIpc) is 2.99. The van der Waals surface area contributed by atoms with Crippen molar-refractivity contribution in [2.24, 2.45) is 0 Å². The highest BCUT2D eigenvalue weighted by Crippen LogP contribution is 2.31. The quantitative estimate of drug-likeness (QED) is 0.367. The van der Waals surface area contributed by atoms with Crippen LogP contribution in [0, 0.1) is 6.92 Å². The molecule has 0 atom stereocenters. The van der Waals surface area contributed by atoms with Crippen LogP contribution in [0.25, 0.3) is 0 Å². The number of amides is 2. The van der Waals surface area contributed by atoms with Crippen LogP contribution in [0.4, 0.5) is 17.1 Å². The van der Waals surface area contributed by atoms with Crippen LogP contribution in [-0.2, 0) is 0 Å². The Morgan fingerprint density at radius 3 is 2.15 bits per heavy atom. The smallest absolute Gasteiger partial charge is 0.255 e. The summed E-state index contributed by atoms with van der Waals surface area (Å²) in [6.07, 6.45) is 0. The Morgan fingerprint density at radius 2 is 1.50 bits per heavy atom. The predicted molar refractivity (Wildman–Crippen MR) is 163 cm³/mol. The number of carbonyl (C=O) groups excluding carboxylic acids is 2. The standard InChI is InChI=1S/C32H41N5O3/c1-5-35(6-2)18-17-33-32(39)27-23-26(34-31(38)25-13-11-24(3)12-14-25)15-16-28(27)36-19-21-37(22-20-36)29-9-7-8-10-30(29)40-4/h7-16,23H,5-6,17-22H2,1-4H3,(H,33,39)(H,34,38). The fourth-order valence-corrected chi connectivity index (χ4v) is 5.02. The molecule has 8 heteroatoms. The number of rotatable bonds is 11. The maximum atomic E-state index is 13.5. The minimum Gasteiger partial charge on any atom is -0.495 e. The minimum atomic E-state index is -0.203. The highest BCUT2D eigenvalue weighted by Gasteiger charge is 2.24. The van der Waals surface area contributed by atoms with Gasteiger partial charge in [-0.2, -0.15) is 0 Å². The molecule has 40 heavy (non-hydrogen) atoms. The molecule has 1 saturated heterocycles. The first-order chi connectivity index (χ1) is 19.4. The second kappa shape index (κ2) is 13.8. The van der Waals surface area contributed by atoms with E-state index >= 15 is 0 Å². The molecule has 0 saturated carbocycles. The van der Waals surface area contributed by atoms with Crippen LogP contribution < -0.4 is 25.2 Å². The van der Waals surface area contributed by atoms with Crippen LogP contribution in [0.5, 0.6) is 5.75 Å².